The van der Waals surface area contributed by atoms with Gasteiger partial charge in [-0.1, -0.05) is 11.3 Å². The minimum atomic E-state index is -0.809. The fourth-order valence-electron chi connectivity index (χ4n) is 1.74. The topological polar surface area (TPSA) is 76.7 Å². The third kappa shape index (κ3) is 2.70. The number of aliphatic carboxylic acids is 1. The van der Waals surface area contributed by atoms with Gasteiger partial charge in [-0.25, -0.2) is 4.79 Å². The van der Waals surface area contributed by atoms with Crippen molar-refractivity contribution in [3.63, 3.8) is 0 Å². The highest BCUT2D eigenvalue weighted by molar-refractivity contribution is 7.16. The number of fused-ring (bicyclic) bond motifs is 1. The number of hydrogen-bond donors (Lipinski definition) is 1. The van der Waals surface area contributed by atoms with E-state index in [1.54, 1.807) is 6.07 Å². The number of aryl methyl sites for hydroxylation is 1. The van der Waals surface area contributed by atoms with E-state index in [1.165, 1.54) is 7.11 Å². The normalized spacial score (nSPS) is 10.7. The van der Waals surface area contributed by atoms with E-state index in [2.05, 4.69) is 0 Å². The molecule has 2 aromatic rings. The average Bonchev–Trinajstić information content (AvgIpc) is 2.67. The number of methoxy groups -OCH3 is 1. The van der Waals surface area contributed by atoms with Crippen LogP contribution in [0.5, 0.6) is 5.75 Å². The van der Waals surface area contributed by atoms with E-state index in [4.69, 9.17) is 14.3 Å². The van der Waals surface area contributed by atoms with Gasteiger partial charge in [0, 0.05) is 6.42 Å². The summed E-state index contributed by atoms with van der Waals surface area (Å²) in [5.74, 6) is -0.299. The molecule has 0 atom stereocenters. The Morgan fingerprint density at radius 2 is 2.28 bits per heavy atom. The molecule has 0 fully saturated rings. The number of carboxylic acid groups (broad SMARTS) is 1. The summed E-state index contributed by atoms with van der Waals surface area (Å²) in [6.45, 7) is 0. The molecular weight excluding hydrogens is 256 g/mol. The first-order valence-electron chi connectivity index (χ1n) is 5.42. The van der Waals surface area contributed by atoms with Crippen molar-refractivity contribution in [2.45, 2.75) is 19.3 Å². The van der Waals surface area contributed by atoms with Crippen molar-refractivity contribution in [1.29, 1.82) is 0 Å². The van der Waals surface area contributed by atoms with Crippen LogP contribution in [0.1, 0.15) is 18.4 Å². The molecule has 0 bridgehead atoms. The van der Waals surface area contributed by atoms with Gasteiger partial charge in [0.2, 0.25) is 0 Å². The number of rotatable bonds is 5. The summed E-state index contributed by atoms with van der Waals surface area (Å²) in [6.07, 6.45) is 1.31. The maximum atomic E-state index is 11.2. The molecule has 1 heterocycles. The zero-order chi connectivity index (χ0) is 13.1. The average molecular weight is 268 g/mol. The third-order valence-corrected chi connectivity index (χ3v) is 3.31. The second-order valence-corrected chi connectivity index (χ2v) is 4.80. The van der Waals surface area contributed by atoms with Gasteiger partial charge in [-0.2, -0.15) is 0 Å². The summed E-state index contributed by atoms with van der Waals surface area (Å²) in [5, 5.41) is 8.59. The van der Waals surface area contributed by atoms with Gasteiger partial charge in [-0.3, -0.25) is 4.79 Å². The lowest BCUT2D eigenvalue weighted by molar-refractivity contribution is -0.137. The Kier molecular flexibility index (Phi) is 3.66. The minimum Gasteiger partial charge on any atom is -0.493 e. The number of hydrogen-bond acceptors (Lipinski definition) is 5. The maximum absolute atomic E-state index is 11.2. The molecule has 0 aliphatic rings. The molecule has 0 radical (unpaired) electrons. The second-order valence-electron chi connectivity index (χ2n) is 3.83. The zero-order valence-corrected chi connectivity index (χ0v) is 10.6. The molecule has 0 spiro atoms. The van der Waals surface area contributed by atoms with Gasteiger partial charge in [0.1, 0.15) is 0 Å². The van der Waals surface area contributed by atoms with Crippen molar-refractivity contribution in [2.24, 2.45) is 0 Å². The van der Waals surface area contributed by atoms with Crippen LogP contribution in [0.3, 0.4) is 0 Å². The Morgan fingerprint density at radius 1 is 1.50 bits per heavy atom. The van der Waals surface area contributed by atoms with Gasteiger partial charge in [-0.05, 0) is 30.5 Å². The molecule has 18 heavy (non-hydrogen) atoms. The van der Waals surface area contributed by atoms with Gasteiger partial charge in [0.05, 0.1) is 11.8 Å². The summed E-state index contributed by atoms with van der Waals surface area (Å²) in [6, 6.07) is 3.62. The molecule has 1 aromatic heterocycles. The number of carboxylic acids is 1. The molecule has 1 N–H and O–H groups in total. The highest BCUT2D eigenvalue weighted by Gasteiger charge is 2.11. The first-order chi connectivity index (χ1) is 8.60. The van der Waals surface area contributed by atoms with E-state index in [-0.39, 0.29) is 11.4 Å². The summed E-state index contributed by atoms with van der Waals surface area (Å²) in [4.78, 5) is 21.3. The minimum absolute atomic E-state index is 0.127. The van der Waals surface area contributed by atoms with E-state index < -0.39 is 5.97 Å². The number of carbonyl (C=O) groups is 1. The smallest absolute Gasteiger partial charge is 0.396 e. The van der Waals surface area contributed by atoms with Gasteiger partial charge < -0.3 is 14.3 Å². The van der Waals surface area contributed by atoms with E-state index in [1.807, 2.05) is 6.07 Å². The predicted molar refractivity (Wildman–Crippen MR) is 67.5 cm³/mol. The summed E-state index contributed by atoms with van der Waals surface area (Å²) in [5.41, 5.74) is 1.40. The first-order valence-corrected chi connectivity index (χ1v) is 6.24. The van der Waals surface area contributed by atoms with Crippen LogP contribution in [0, 0.1) is 0 Å². The largest absolute Gasteiger partial charge is 0.493 e. The van der Waals surface area contributed by atoms with Crippen LogP contribution in [0.15, 0.2) is 21.3 Å². The zero-order valence-electron chi connectivity index (χ0n) is 9.76. The van der Waals surface area contributed by atoms with E-state index in [0.717, 1.165) is 21.6 Å². The standard InChI is InChI=1S/C12H12O5S/c1-16-8-5-7(3-2-4-10(13)14)6-9-11(8)17-12(15)18-9/h5-6H,2-4H2,1H3,(H,13,14). The number of ether oxygens (including phenoxy) is 1. The van der Waals surface area contributed by atoms with Gasteiger partial charge in [-0.15, -0.1) is 0 Å². The van der Waals surface area contributed by atoms with E-state index >= 15 is 0 Å². The molecule has 0 unspecified atom stereocenters. The lowest BCUT2D eigenvalue weighted by Crippen LogP contribution is -1.96. The fraction of sp³-hybridized carbons (Fsp3) is 0.333. The van der Waals surface area contributed by atoms with Crippen molar-refractivity contribution < 1.29 is 19.1 Å². The predicted octanol–water partition coefficient (Wildman–Crippen LogP) is 2.27. The van der Waals surface area contributed by atoms with Crippen molar-refractivity contribution in [3.05, 3.63) is 27.4 Å². The van der Waals surface area contributed by atoms with Gasteiger partial charge in [0.25, 0.3) is 0 Å². The Bertz CT molecular complexity index is 625. The van der Waals surface area contributed by atoms with Crippen LogP contribution in [-0.2, 0) is 11.2 Å². The molecule has 2 rings (SSSR count). The summed E-state index contributed by atoms with van der Waals surface area (Å²) < 4.78 is 10.9. The Balaban J connectivity index is 2.28. The van der Waals surface area contributed by atoms with Crippen molar-refractivity contribution in [3.8, 4) is 5.75 Å². The Labute approximate surface area is 107 Å². The van der Waals surface area contributed by atoms with Crippen LogP contribution in [-0.4, -0.2) is 18.2 Å². The maximum Gasteiger partial charge on any atom is 0.396 e. The molecular formula is C12H12O5S. The van der Waals surface area contributed by atoms with Crippen LogP contribution in [0.2, 0.25) is 0 Å². The van der Waals surface area contributed by atoms with Crippen LogP contribution in [0.25, 0.3) is 10.3 Å². The van der Waals surface area contributed by atoms with E-state index in [0.29, 0.717) is 24.2 Å². The number of benzene rings is 1. The Morgan fingerprint density at radius 3 is 2.94 bits per heavy atom. The SMILES string of the molecule is COc1cc(CCCC(=O)O)cc2sc(=O)oc12. The van der Waals surface area contributed by atoms with Gasteiger partial charge in [0.15, 0.2) is 11.3 Å². The van der Waals surface area contributed by atoms with Gasteiger partial charge >= 0.3 is 10.9 Å². The molecule has 0 saturated carbocycles. The molecule has 0 aliphatic heterocycles. The van der Waals surface area contributed by atoms with Crippen molar-refractivity contribution in [1.82, 2.24) is 0 Å². The summed E-state index contributed by atoms with van der Waals surface area (Å²) >= 11 is 1.02. The molecule has 0 amide bonds. The molecule has 5 nitrogen and oxygen atoms in total. The molecule has 1 aromatic carbocycles. The quantitative estimate of drug-likeness (QED) is 0.900. The lowest BCUT2D eigenvalue weighted by Gasteiger charge is -2.04. The lowest BCUT2D eigenvalue weighted by atomic mass is 10.1. The van der Waals surface area contributed by atoms with E-state index in [9.17, 15) is 9.59 Å². The fourth-order valence-corrected chi connectivity index (χ4v) is 2.49. The molecule has 6 heteroatoms. The van der Waals surface area contributed by atoms with Crippen LogP contribution < -0.4 is 9.68 Å². The van der Waals surface area contributed by atoms with Crippen LogP contribution >= 0.6 is 11.3 Å². The van der Waals surface area contributed by atoms with Crippen LogP contribution in [0.4, 0.5) is 0 Å². The molecule has 0 saturated heterocycles. The summed E-state index contributed by atoms with van der Waals surface area (Å²) in [7, 11) is 1.51. The second kappa shape index (κ2) is 5.22. The molecule has 96 valence electrons. The van der Waals surface area contributed by atoms with Crippen molar-refractivity contribution >= 4 is 27.6 Å². The van der Waals surface area contributed by atoms with Crippen molar-refractivity contribution in [2.75, 3.05) is 7.11 Å². The monoisotopic (exact) mass is 268 g/mol. The third-order valence-electron chi connectivity index (χ3n) is 2.54. The molecule has 0 aliphatic carbocycles. The highest BCUT2D eigenvalue weighted by Crippen LogP contribution is 2.29. The highest BCUT2D eigenvalue weighted by atomic mass is 32.1. The first kappa shape index (κ1) is 12.6. The Hall–Kier alpha value is -1.82.